The summed E-state index contributed by atoms with van der Waals surface area (Å²) in [6.07, 6.45) is 12.8. The van der Waals surface area contributed by atoms with Crippen LogP contribution in [0.15, 0.2) is 9.98 Å². The molecule has 0 aliphatic carbocycles. The minimum absolute atomic E-state index is 0.0811. The quantitative estimate of drug-likeness (QED) is 0.0632. The first-order valence-corrected chi connectivity index (χ1v) is 13.3. The summed E-state index contributed by atoms with van der Waals surface area (Å²) >= 11 is 0. The molecule has 13 nitrogen and oxygen atoms in total. The number of hydrogen-bond acceptors (Lipinski definition) is 9. The summed E-state index contributed by atoms with van der Waals surface area (Å²) in [6, 6.07) is 0. The lowest BCUT2D eigenvalue weighted by Crippen LogP contribution is -2.26. The minimum Gasteiger partial charge on any atom is -0.370 e. The first-order chi connectivity index (χ1) is 17.5. The summed E-state index contributed by atoms with van der Waals surface area (Å²) in [7, 11) is 0. The van der Waals surface area contributed by atoms with Gasteiger partial charge in [-0.15, -0.1) is 0 Å². The Bertz CT molecular complexity index is 700. The summed E-state index contributed by atoms with van der Waals surface area (Å²) in [5, 5.41) is 9.99. The van der Waals surface area contributed by atoms with E-state index in [1.165, 1.54) is 0 Å². The third kappa shape index (κ3) is 17.5. The highest BCUT2D eigenvalue weighted by Crippen LogP contribution is 2.11. The number of unbranched alkanes of at least 4 members (excludes halogenated alkanes) is 9. The van der Waals surface area contributed by atoms with Crippen molar-refractivity contribution >= 4 is 29.8 Å². The Labute approximate surface area is 216 Å². The number of aromatic nitrogens is 3. The predicted octanol–water partition coefficient (Wildman–Crippen LogP) is 1.29. The van der Waals surface area contributed by atoms with Crippen molar-refractivity contribution in [2.24, 2.45) is 38.7 Å². The van der Waals surface area contributed by atoms with Gasteiger partial charge in [0.2, 0.25) is 23.8 Å². The van der Waals surface area contributed by atoms with Crippen LogP contribution in [0.2, 0.25) is 0 Å². The van der Waals surface area contributed by atoms with Crippen LogP contribution in [0.25, 0.3) is 0 Å². The molecule has 206 valence electrons. The second kappa shape index (κ2) is 21.4. The van der Waals surface area contributed by atoms with Crippen molar-refractivity contribution < 1.29 is 0 Å². The van der Waals surface area contributed by atoms with Gasteiger partial charge in [-0.3, -0.25) is 4.99 Å². The van der Waals surface area contributed by atoms with Gasteiger partial charge in [0.15, 0.2) is 5.96 Å². The van der Waals surface area contributed by atoms with Gasteiger partial charge in [-0.2, -0.15) is 19.9 Å². The van der Waals surface area contributed by atoms with Crippen molar-refractivity contribution in [3.63, 3.8) is 0 Å². The highest BCUT2D eigenvalue weighted by Gasteiger charge is 2.06. The Morgan fingerprint density at radius 1 is 0.556 bits per heavy atom. The molecule has 13 N–H and O–H groups in total. The molecule has 0 saturated heterocycles. The van der Waals surface area contributed by atoms with Crippen molar-refractivity contribution in [3.05, 3.63) is 0 Å². The number of hydrogen-bond donors (Lipinski definition) is 8. The van der Waals surface area contributed by atoms with Gasteiger partial charge in [0.1, 0.15) is 0 Å². The van der Waals surface area contributed by atoms with E-state index in [9.17, 15) is 0 Å². The van der Waals surface area contributed by atoms with Gasteiger partial charge in [0, 0.05) is 26.2 Å². The number of nitrogens with zero attached hydrogens (tertiary/aromatic N) is 5. The average Bonchev–Trinajstić information content (AvgIpc) is 2.84. The van der Waals surface area contributed by atoms with Gasteiger partial charge >= 0.3 is 0 Å². The van der Waals surface area contributed by atoms with Crippen molar-refractivity contribution in [2.75, 3.05) is 55.2 Å². The normalized spacial score (nSPS) is 11.3. The molecule has 0 aliphatic rings. The number of nitrogens with one attached hydrogen (secondary N) is 3. The van der Waals surface area contributed by atoms with Crippen molar-refractivity contribution in [1.29, 1.82) is 0 Å². The van der Waals surface area contributed by atoms with Crippen LogP contribution in [0.1, 0.15) is 77.0 Å². The fourth-order valence-corrected chi connectivity index (χ4v) is 3.41. The largest absolute Gasteiger partial charge is 0.370 e. The minimum atomic E-state index is -0.0811. The van der Waals surface area contributed by atoms with Gasteiger partial charge in [0.25, 0.3) is 0 Å². The van der Waals surface area contributed by atoms with E-state index in [0.717, 1.165) is 110 Å². The number of rotatable bonds is 22. The highest BCUT2D eigenvalue weighted by molar-refractivity contribution is 5.92. The van der Waals surface area contributed by atoms with Crippen molar-refractivity contribution in [2.45, 2.75) is 77.0 Å². The summed E-state index contributed by atoms with van der Waals surface area (Å²) in [5.74, 6) is 1.80. The van der Waals surface area contributed by atoms with Crippen LogP contribution < -0.4 is 44.6 Å². The number of nitrogens with two attached hydrogens (primary N) is 5. The van der Waals surface area contributed by atoms with E-state index in [1.54, 1.807) is 0 Å². The average molecular weight is 508 g/mol. The molecule has 1 heterocycles. The van der Waals surface area contributed by atoms with Crippen molar-refractivity contribution in [3.8, 4) is 0 Å². The van der Waals surface area contributed by atoms with Gasteiger partial charge in [-0.05, 0) is 51.6 Å². The second-order valence-corrected chi connectivity index (χ2v) is 8.68. The van der Waals surface area contributed by atoms with Gasteiger partial charge in [-0.1, -0.05) is 38.5 Å². The van der Waals surface area contributed by atoms with E-state index < -0.39 is 0 Å². The molecule has 0 fully saturated rings. The fraction of sp³-hybridized carbons (Fsp3) is 0.783. The maximum Gasteiger partial charge on any atom is 0.229 e. The molecule has 0 radical (unpaired) electrons. The number of guanidine groups is 2. The van der Waals surface area contributed by atoms with E-state index in [1.807, 2.05) is 0 Å². The number of anilines is 3. The Kier molecular flexibility index (Phi) is 18.5. The smallest absolute Gasteiger partial charge is 0.229 e. The standard InChI is InChI=1S/C23H49N13/c24-13-7-1-3-10-16-30-21-34-22(31-17-11-4-2-8-14-25)36-23(35-21)32-18-12-6-5-9-15-29-20(28)33-19(26)27/h1-18,24-25H2,(H6,26,27,28,29,33)(H3,30,31,32,34,35,36). The number of aliphatic imine (C=N–C) groups is 2. The van der Waals surface area contributed by atoms with Gasteiger partial charge < -0.3 is 44.6 Å². The molecule has 1 rings (SSSR count). The summed E-state index contributed by atoms with van der Waals surface area (Å²) < 4.78 is 0. The highest BCUT2D eigenvalue weighted by atomic mass is 15.3. The first-order valence-electron chi connectivity index (χ1n) is 13.3. The molecule has 0 saturated carbocycles. The molecule has 1 aromatic heterocycles. The van der Waals surface area contributed by atoms with Crippen LogP contribution in [0.4, 0.5) is 17.8 Å². The lowest BCUT2D eigenvalue weighted by Gasteiger charge is -2.11. The maximum atomic E-state index is 5.60. The molecule has 0 spiro atoms. The third-order valence-corrected chi connectivity index (χ3v) is 5.35. The maximum absolute atomic E-state index is 5.60. The molecular weight excluding hydrogens is 458 g/mol. The van der Waals surface area contributed by atoms with Gasteiger partial charge in [-0.25, -0.2) is 0 Å². The molecule has 13 heteroatoms. The zero-order valence-electron chi connectivity index (χ0n) is 21.9. The molecule has 0 atom stereocenters. The molecule has 0 aromatic carbocycles. The molecule has 36 heavy (non-hydrogen) atoms. The van der Waals surface area contributed by atoms with Crippen LogP contribution in [0.3, 0.4) is 0 Å². The first kappa shape index (κ1) is 31.1. The van der Waals surface area contributed by atoms with Crippen LogP contribution in [0.5, 0.6) is 0 Å². The molecule has 1 aromatic rings. The third-order valence-electron chi connectivity index (χ3n) is 5.35. The molecular formula is C23H49N13. The zero-order valence-corrected chi connectivity index (χ0v) is 21.9. The lowest BCUT2D eigenvalue weighted by atomic mass is 10.2. The molecule has 0 bridgehead atoms. The monoisotopic (exact) mass is 507 g/mol. The van der Waals surface area contributed by atoms with Crippen LogP contribution >= 0.6 is 0 Å². The Hall–Kier alpha value is -2.93. The zero-order chi connectivity index (χ0) is 26.3. The molecule has 0 unspecified atom stereocenters. The van der Waals surface area contributed by atoms with Crippen LogP contribution in [-0.2, 0) is 0 Å². The van der Waals surface area contributed by atoms with E-state index in [-0.39, 0.29) is 11.9 Å². The summed E-state index contributed by atoms with van der Waals surface area (Å²) in [4.78, 5) is 21.4. The van der Waals surface area contributed by atoms with E-state index in [4.69, 9.17) is 28.7 Å². The van der Waals surface area contributed by atoms with Crippen molar-refractivity contribution in [1.82, 2.24) is 15.0 Å². The van der Waals surface area contributed by atoms with Gasteiger partial charge in [0.05, 0.1) is 0 Å². The Balaban J connectivity index is 2.44. The van der Waals surface area contributed by atoms with E-state index in [0.29, 0.717) is 24.4 Å². The summed E-state index contributed by atoms with van der Waals surface area (Å²) in [5.41, 5.74) is 27.3. The van der Waals surface area contributed by atoms with Crippen LogP contribution in [0, 0.1) is 0 Å². The Morgan fingerprint density at radius 3 is 1.33 bits per heavy atom. The van der Waals surface area contributed by atoms with Crippen LogP contribution in [-0.4, -0.2) is 66.1 Å². The van der Waals surface area contributed by atoms with E-state index in [2.05, 4.69) is 40.9 Å². The lowest BCUT2D eigenvalue weighted by molar-refractivity contribution is 0.657. The SMILES string of the molecule is NCCCCCCNc1nc(NCCCCCCN)nc(NCCCCCCN=C(N)N=C(N)N)n1. The second-order valence-electron chi connectivity index (χ2n) is 8.68. The Morgan fingerprint density at radius 2 is 0.944 bits per heavy atom. The van der Waals surface area contributed by atoms with E-state index >= 15 is 0 Å². The summed E-state index contributed by atoms with van der Waals surface area (Å²) in [6.45, 7) is 4.52. The molecule has 0 amide bonds. The fourth-order valence-electron chi connectivity index (χ4n) is 3.41. The topological polar surface area (TPSA) is 230 Å². The predicted molar refractivity (Wildman–Crippen MR) is 151 cm³/mol. The molecule has 0 aliphatic heterocycles.